The fourth-order valence-corrected chi connectivity index (χ4v) is 4.75. The zero-order valence-electron chi connectivity index (χ0n) is 19.3. The molecule has 0 bridgehead atoms. The van der Waals surface area contributed by atoms with Crippen molar-refractivity contribution in [3.05, 3.63) is 64.6 Å². The van der Waals surface area contributed by atoms with E-state index in [4.69, 9.17) is 0 Å². The summed E-state index contributed by atoms with van der Waals surface area (Å²) in [4.78, 5) is 31.5. The maximum absolute atomic E-state index is 13.3. The average Bonchev–Trinajstić information content (AvgIpc) is 2.82. The third kappa shape index (κ3) is 6.24. The van der Waals surface area contributed by atoms with Crippen LogP contribution >= 0.6 is 11.8 Å². The summed E-state index contributed by atoms with van der Waals surface area (Å²) in [6.45, 7) is 10.0. The van der Waals surface area contributed by atoms with Crippen molar-refractivity contribution in [1.82, 2.24) is 10.2 Å². The minimum Gasteiger partial charge on any atom is -0.355 e. The lowest BCUT2D eigenvalue weighted by Crippen LogP contribution is -2.43. The lowest BCUT2D eigenvalue weighted by molar-refractivity contribution is -0.122. The Morgan fingerprint density at radius 3 is 2.47 bits per heavy atom. The van der Waals surface area contributed by atoms with Crippen LogP contribution in [-0.2, 0) is 16.0 Å². The van der Waals surface area contributed by atoms with Gasteiger partial charge in [-0.05, 0) is 61.8 Å². The second-order valence-corrected chi connectivity index (χ2v) is 8.88. The zero-order chi connectivity index (χ0) is 22.9. The third-order valence-corrected chi connectivity index (χ3v) is 6.76. The van der Waals surface area contributed by atoms with E-state index in [0.717, 1.165) is 48.6 Å². The maximum atomic E-state index is 13.3. The fraction of sp³-hybridized carbons (Fsp3) is 0.385. The molecule has 2 amide bonds. The first-order valence-corrected chi connectivity index (χ1v) is 12.3. The van der Waals surface area contributed by atoms with Crippen LogP contribution in [0.2, 0.25) is 0 Å². The van der Waals surface area contributed by atoms with Gasteiger partial charge in [-0.2, -0.15) is 0 Å². The largest absolute Gasteiger partial charge is 0.355 e. The molecule has 0 radical (unpaired) electrons. The van der Waals surface area contributed by atoms with Gasteiger partial charge in [0.25, 0.3) is 5.91 Å². The highest BCUT2D eigenvalue weighted by atomic mass is 32.2. The number of nitrogens with one attached hydrogen (secondary N) is 1. The SMILES string of the molecule is CCc1ccc(C=C2Sc3ccccc3N(CC(=O)NCCCN(CC)CC)C2=O)cc1. The van der Waals surface area contributed by atoms with Crippen LogP contribution in [0.3, 0.4) is 0 Å². The Morgan fingerprint density at radius 1 is 1.06 bits per heavy atom. The highest BCUT2D eigenvalue weighted by molar-refractivity contribution is 8.04. The van der Waals surface area contributed by atoms with Gasteiger partial charge in [0.05, 0.1) is 10.6 Å². The van der Waals surface area contributed by atoms with Crippen LogP contribution in [0.25, 0.3) is 6.08 Å². The predicted molar refractivity (Wildman–Crippen MR) is 134 cm³/mol. The van der Waals surface area contributed by atoms with E-state index < -0.39 is 0 Å². The van der Waals surface area contributed by atoms with E-state index in [0.29, 0.717) is 11.4 Å². The number of carbonyl (C=O) groups excluding carboxylic acids is 2. The number of aryl methyl sites for hydroxylation is 1. The summed E-state index contributed by atoms with van der Waals surface area (Å²) >= 11 is 1.46. The molecule has 1 aliphatic heterocycles. The summed E-state index contributed by atoms with van der Waals surface area (Å²) in [5, 5.41) is 2.98. The van der Waals surface area contributed by atoms with E-state index >= 15 is 0 Å². The van der Waals surface area contributed by atoms with Gasteiger partial charge in [-0.3, -0.25) is 14.5 Å². The number of thioether (sulfide) groups is 1. The molecule has 0 aromatic heterocycles. The molecular weight excluding hydrogens is 418 g/mol. The highest BCUT2D eigenvalue weighted by Gasteiger charge is 2.30. The molecule has 0 saturated carbocycles. The topological polar surface area (TPSA) is 52.7 Å². The first-order valence-electron chi connectivity index (χ1n) is 11.4. The first kappa shape index (κ1) is 24.1. The Bertz CT molecular complexity index is 952. The van der Waals surface area contributed by atoms with Crippen molar-refractivity contribution in [1.29, 1.82) is 0 Å². The van der Waals surface area contributed by atoms with Crippen molar-refractivity contribution < 1.29 is 9.59 Å². The van der Waals surface area contributed by atoms with Gasteiger partial charge in [-0.15, -0.1) is 0 Å². The molecule has 0 unspecified atom stereocenters. The second-order valence-electron chi connectivity index (χ2n) is 7.80. The van der Waals surface area contributed by atoms with Gasteiger partial charge < -0.3 is 10.2 Å². The molecule has 2 aromatic carbocycles. The number of hydrogen-bond acceptors (Lipinski definition) is 4. The van der Waals surface area contributed by atoms with Gasteiger partial charge in [0.1, 0.15) is 6.54 Å². The van der Waals surface area contributed by atoms with Gasteiger partial charge in [0.2, 0.25) is 5.91 Å². The zero-order valence-corrected chi connectivity index (χ0v) is 20.1. The van der Waals surface area contributed by atoms with E-state index in [1.54, 1.807) is 4.90 Å². The van der Waals surface area contributed by atoms with Crippen LogP contribution < -0.4 is 10.2 Å². The summed E-state index contributed by atoms with van der Waals surface area (Å²) in [7, 11) is 0. The molecule has 0 spiro atoms. The summed E-state index contributed by atoms with van der Waals surface area (Å²) in [5.41, 5.74) is 3.04. The van der Waals surface area contributed by atoms with Gasteiger partial charge in [0, 0.05) is 11.4 Å². The van der Waals surface area contributed by atoms with E-state index in [9.17, 15) is 9.59 Å². The molecule has 0 atom stereocenters. The summed E-state index contributed by atoms with van der Waals surface area (Å²) in [5.74, 6) is -0.266. The lowest BCUT2D eigenvalue weighted by Gasteiger charge is -2.30. The summed E-state index contributed by atoms with van der Waals surface area (Å²) in [6.07, 6.45) is 3.79. The quantitative estimate of drug-likeness (QED) is 0.424. The Labute approximate surface area is 195 Å². The standard InChI is InChI=1S/C26H33N3O2S/c1-4-20-12-14-21(15-13-20)18-24-26(31)29(22-10-7-8-11-23(22)32-24)19-25(30)27-16-9-17-28(5-2)6-3/h7-8,10-15,18H,4-6,9,16-17,19H2,1-3H3,(H,27,30). The summed E-state index contributed by atoms with van der Waals surface area (Å²) in [6, 6.07) is 16.0. The van der Waals surface area contributed by atoms with Crippen LogP contribution in [0, 0.1) is 0 Å². The number of anilines is 1. The molecule has 170 valence electrons. The van der Waals surface area contributed by atoms with E-state index in [1.165, 1.54) is 17.3 Å². The summed E-state index contributed by atoms with van der Waals surface area (Å²) < 4.78 is 0. The van der Waals surface area contributed by atoms with Crippen LogP contribution in [0.5, 0.6) is 0 Å². The Hall–Kier alpha value is -2.57. The Morgan fingerprint density at radius 2 is 1.78 bits per heavy atom. The minimum absolute atomic E-state index is 0.0216. The Balaban J connectivity index is 1.70. The van der Waals surface area contributed by atoms with Crippen LogP contribution in [0.4, 0.5) is 5.69 Å². The smallest absolute Gasteiger partial charge is 0.265 e. The predicted octanol–water partition coefficient (Wildman–Crippen LogP) is 4.58. The molecule has 0 fully saturated rings. The third-order valence-electron chi connectivity index (χ3n) is 5.69. The number of hydrogen-bond donors (Lipinski definition) is 1. The fourth-order valence-electron chi connectivity index (χ4n) is 3.69. The van der Waals surface area contributed by atoms with E-state index in [-0.39, 0.29) is 18.4 Å². The molecule has 2 aromatic rings. The molecule has 5 nitrogen and oxygen atoms in total. The number of rotatable bonds is 10. The monoisotopic (exact) mass is 451 g/mol. The van der Waals surface area contributed by atoms with Gasteiger partial charge in [0.15, 0.2) is 0 Å². The average molecular weight is 452 g/mol. The van der Waals surface area contributed by atoms with Crippen molar-refractivity contribution in [2.45, 2.75) is 38.5 Å². The van der Waals surface area contributed by atoms with Crippen LogP contribution in [0.15, 0.2) is 58.3 Å². The normalized spacial score (nSPS) is 14.7. The van der Waals surface area contributed by atoms with Crippen molar-refractivity contribution in [2.75, 3.05) is 37.6 Å². The minimum atomic E-state index is -0.133. The first-order chi connectivity index (χ1) is 15.5. The van der Waals surface area contributed by atoms with Gasteiger partial charge in [-0.25, -0.2) is 0 Å². The molecule has 0 saturated heterocycles. The molecule has 1 N–H and O–H groups in total. The van der Waals surface area contributed by atoms with Crippen LogP contribution in [0.1, 0.15) is 38.3 Å². The second kappa shape index (κ2) is 11.9. The highest BCUT2D eigenvalue weighted by Crippen LogP contribution is 2.41. The number of benzene rings is 2. The molecule has 1 heterocycles. The molecule has 3 rings (SSSR count). The van der Waals surface area contributed by atoms with Crippen molar-refractivity contribution in [3.8, 4) is 0 Å². The van der Waals surface area contributed by atoms with E-state index in [2.05, 4.69) is 43.1 Å². The molecule has 32 heavy (non-hydrogen) atoms. The van der Waals surface area contributed by atoms with Gasteiger partial charge in [-0.1, -0.05) is 68.9 Å². The molecule has 0 aliphatic carbocycles. The van der Waals surface area contributed by atoms with Crippen molar-refractivity contribution in [3.63, 3.8) is 0 Å². The number of nitrogens with zero attached hydrogens (tertiary/aromatic N) is 2. The van der Waals surface area contributed by atoms with Crippen molar-refractivity contribution >= 4 is 35.3 Å². The van der Waals surface area contributed by atoms with E-state index in [1.807, 2.05) is 42.5 Å². The maximum Gasteiger partial charge on any atom is 0.265 e. The van der Waals surface area contributed by atoms with Gasteiger partial charge >= 0.3 is 0 Å². The number of fused-ring (bicyclic) bond motifs is 1. The lowest BCUT2D eigenvalue weighted by atomic mass is 10.1. The van der Waals surface area contributed by atoms with Crippen LogP contribution in [-0.4, -0.2) is 49.4 Å². The molecular formula is C26H33N3O2S. The number of para-hydroxylation sites is 1. The Kier molecular flexibility index (Phi) is 8.94. The molecule has 1 aliphatic rings. The number of amides is 2. The molecule has 6 heteroatoms. The number of carbonyl (C=O) groups is 2. The van der Waals surface area contributed by atoms with Crippen molar-refractivity contribution in [2.24, 2.45) is 0 Å².